The fourth-order valence-electron chi connectivity index (χ4n) is 2.12. The Morgan fingerprint density at radius 1 is 1.33 bits per heavy atom. The number of rotatable bonds is 3. The summed E-state index contributed by atoms with van der Waals surface area (Å²) < 4.78 is 10.2. The number of amides is 1. The first-order valence-electron chi connectivity index (χ1n) is 6.76. The number of hydrogen-bond acceptors (Lipinski definition) is 6. The van der Waals surface area contributed by atoms with E-state index in [-0.39, 0.29) is 11.7 Å². The predicted molar refractivity (Wildman–Crippen MR) is 76.5 cm³/mol. The summed E-state index contributed by atoms with van der Waals surface area (Å²) >= 11 is 0. The molecule has 1 N–H and O–H groups in total. The molecule has 3 heterocycles. The SMILES string of the molecule is Cc1cc(C(=O)Nc2ccc(N3CCOCC3)cn2)on1. The summed E-state index contributed by atoms with van der Waals surface area (Å²) in [6, 6.07) is 5.28. The molecule has 7 nitrogen and oxygen atoms in total. The summed E-state index contributed by atoms with van der Waals surface area (Å²) in [5, 5.41) is 6.35. The first-order valence-corrected chi connectivity index (χ1v) is 6.76. The Morgan fingerprint density at radius 3 is 2.76 bits per heavy atom. The number of nitrogens with one attached hydrogen (secondary N) is 1. The summed E-state index contributed by atoms with van der Waals surface area (Å²) in [5.74, 6) is 0.292. The number of ether oxygens (including phenoxy) is 1. The first kappa shape index (κ1) is 13.6. The minimum Gasteiger partial charge on any atom is -0.378 e. The lowest BCUT2D eigenvalue weighted by Crippen LogP contribution is -2.36. The van der Waals surface area contributed by atoms with E-state index in [0.717, 1.165) is 32.0 Å². The number of anilines is 2. The Balaban J connectivity index is 1.65. The summed E-state index contributed by atoms with van der Waals surface area (Å²) in [6.07, 6.45) is 1.74. The molecule has 0 saturated carbocycles. The molecule has 1 fully saturated rings. The van der Waals surface area contributed by atoms with Crippen molar-refractivity contribution in [1.82, 2.24) is 10.1 Å². The lowest BCUT2D eigenvalue weighted by molar-refractivity contribution is 0.0987. The number of carbonyl (C=O) groups is 1. The van der Waals surface area contributed by atoms with Crippen LogP contribution >= 0.6 is 0 Å². The van der Waals surface area contributed by atoms with Crippen LogP contribution in [0.1, 0.15) is 16.2 Å². The molecule has 1 saturated heterocycles. The maximum Gasteiger partial charge on any atom is 0.295 e. The van der Waals surface area contributed by atoms with Crippen LogP contribution in [0.5, 0.6) is 0 Å². The van der Waals surface area contributed by atoms with Gasteiger partial charge in [0.2, 0.25) is 5.76 Å². The van der Waals surface area contributed by atoms with E-state index >= 15 is 0 Å². The van der Waals surface area contributed by atoms with Crippen molar-refractivity contribution in [3.63, 3.8) is 0 Å². The number of aromatic nitrogens is 2. The lowest BCUT2D eigenvalue weighted by Gasteiger charge is -2.28. The first-order chi connectivity index (χ1) is 10.2. The molecule has 3 rings (SSSR count). The number of nitrogens with zero attached hydrogens (tertiary/aromatic N) is 3. The molecule has 0 bridgehead atoms. The van der Waals surface area contributed by atoms with Crippen molar-refractivity contribution in [2.45, 2.75) is 6.92 Å². The van der Waals surface area contributed by atoms with Gasteiger partial charge >= 0.3 is 0 Å². The van der Waals surface area contributed by atoms with Gasteiger partial charge in [-0.05, 0) is 19.1 Å². The molecule has 21 heavy (non-hydrogen) atoms. The van der Waals surface area contributed by atoms with E-state index in [1.54, 1.807) is 25.3 Å². The summed E-state index contributed by atoms with van der Waals surface area (Å²) in [6.45, 7) is 4.91. The molecule has 0 atom stereocenters. The third-order valence-electron chi connectivity index (χ3n) is 3.22. The lowest BCUT2D eigenvalue weighted by atomic mass is 10.3. The van der Waals surface area contributed by atoms with Gasteiger partial charge in [-0.2, -0.15) is 0 Å². The van der Waals surface area contributed by atoms with Crippen LogP contribution in [0.2, 0.25) is 0 Å². The fourth-order valence-corrected chi connectivity index (χ4v) is 2.12. The van der Waals surface area contributed by atoms with Gasteiger partial charge in [-0.25, -0.2) is 4.98 Å². The van der Waals surface area contributed by atoms with Gasteiger partial charge < -0.3 is 19.5 Å². The van der Waals surface area contributed by atoms with Crippen molar-refractivity contribution < 1.29 is 14.1 Å². The quantitative estimate of drug-likeness (QED) is 0.921. The zero-order valence-electron chi connectivity index (χ0n) is 11.7. The van der Waals surface area contributed by atoms with Crippen LogP contribution < -0.4 is 10.2 Å². The summed E-state index contributed by atoms with van der Waals surface area (Å²) in [7, 11) is 0. The zero-order chi connectivity index (χ0) is 14.7. The van der Waals surface area contributed by atoms with Gasteiger partial charge in [0, 0.05) is 19.2 Å². The van der Waals surface area contributed by atoms with Gasteiger partial charge in [0.1, 0.15) is 5.82 Å². The van der Waals surface area contributed by atoms with Gasteiger partial charge in [0.25, 0.3) is 5.91 Å². The Kier molecular flexibility index (Phi) is 3.83. The molecule has 1 amide bonds. The predicted octanol–water partition coefficient (Wildman–Crippen LogP) is 1.47. The highest BCUT2D eigenvalue weighted by Gasteiger charge is 2.14. The Labute approximate surface area is 121 Å². The normalized spacial score (nSPS) is 15.0. The van der Waals surface area contributed by atoms with Gasteiger partial charge in [-0.3, -0.25) is 4.79 Å². The van der Waals surface area contributed by atoms with Crippen LogP contribution in [-0.2, 0) is 4.74 Å². The van der Waals surface area contributed by atoms with Crippen LogP contribution in [-0.4, -0.2) is 42.4 Å². The molecule has 2 aromatic heterocycles. The van der Waals surface area contributed by atoms with Crippen molar-refractivity contribution in [3.05, 3.63) is 35.9 Å². The van der Waals surface area contributed by atoms with Crippen molar-refractivity contribution in [3.8, 4) is 0 Å². The molecule has 0 aliphatic carbocycles. The third kappa shape index (κ3) is 3.19. The molecule has 0 unspecified atom stereocenters. The second-order valence-corrected chi connectivity index (χ2v) is 4.79. The maximum absolute atomic E-state index is 11.9. The summed E-state index contributed by atoms with van der Waals surface area (Å²) in [4.78, 5) is 18.3. The molecular formula is C14H16N4O3. The standard InChI is InChI=1S/C14H16N4O3/c1-10-8-12(21-17-10)14(19)16-13-3-2-11(9-15-13)18-4-6-20-7-5-18/h2-3,8-9H,4-7H2,1H3,(H,15,16,19). The van der Waals surface area contributed by atoms with E-state index in [9.17, 15) is 4.79 Å². The minimum atomic E-state index is -0.359. The molecule has 0 spiro atoms. The van der Waals surface area contributed by atoms with Crippen LogP contribution in [0.25, 0.3) is 0 Å². The summed E-state index contributed by atoms with van der Waals surface area (Å²) in [5.41, 5.74) is 1.68. The second kappa shape index (κ2) is 5.92. The van der Waals surface area contributed by atoms with Gasteiger partial charge in [0.05, 0.1) is 30.8 Å². The molecule has 0 aromatic carbocycles. The van der Waals surface area contributed by atoms with Gasteiger partial charge in [-0.15, -0.1) is 0 Å². The maximum atomic E-state index is 11.9. The molecule has 1 aliphatic rings. The van der Waals surface area contributed by atoms with E-state index in [0.29, 0.717) is 11.5 Å². The minimum absolute atomic E-state index is 0.173. The number of hydrogen-bond donors (Lipinski definition) is 1. The Morgan fingerprint density at radius 2 is 2.14 bits per heavy atom. The van der Waals surface area contributed by atoms with E-state index in [4.69, 9.17) is 9.26 Å². The van der Waals surface area contributed by atoms with Crippen LogP contribution in [0.4, 0.5) is 11.5 Å². The largest absolute Gasteiger partial charge is 0.378 e. The van der Waals surface area contributed by atoms with Crippen molar-refractivity contribution >= 4 is 17.4 Å². The highest BCUT2D eigenvalue weighted by molar-refractivity contribution is 6.01. The monoisotopic (exact) mass is 288 g/mol. The second-order valence-electron chi connectivity index (χ2n) is 4.79. The van der Waals surface area contributed by atoms with E-state index < -0.39 is 0 Å². The Bertz CT molecular complexity index is 617. The Hall–Kier alpha value is -2.41. The van der Waals surface area contributed by atoms with Crippen molar-refractivity contribution in [2.75, 3.05) is 36.5 Å². The molecule has 110 valence electrons. The number of morpholine rings is 1. The molecule has 1 aliphatic heterocycles. The molecule has 2 aromatic rings. The van der Waals surface area contributed by atoms with E-state index in [2.05, 4.69) is 20.4 Å². The van der Waals surface area contributed by atoms with Crippen molar-refractivity contribution in [2.24, 2.45) is 0 Å². The average Bonchev–Trinajstić information content (AvgIpc) is 2.96. The van der Waals surface area contributed by atoms with Gasteiger partial charge in [0.15, 0.2) is 0 Å². The van der Waals surface area contributed by atoms with E-state index in [1.807, 2.05) is 6.07 Å². The fraction of sp³-hybridized carbons (Fsp3) is 0.357. The number of carbonyl (C=O) groups excluding carboxylic acids is 1. The molecule has 7 heteroatoms. The molecule has 0 radical (unpaired) electrons. The van der Waals surface area contributed by atoms with Gasteiger partial charge in [-0.1, -0.05) is 5.16 Å². The van der Waals surface area contributed by atoms with Crippen molar-refractivity contribution in [1.29, 1.82) is 0 Å². The highest BCUT2D eigenvalue weighted by atomic mass is 16.5. The van der Waals surface area contributed by atoms with Crippen LogP contribution in [0.15, 0.2) is 28.9 Å². The topological polar surface area (TPSA) is 80.5 Å². The smallest absolute Gasteiger partial charge is 0.295 e. The number of pyridine rings is 1. The molecular weight excluding hydrogens is 272 g/mol. The number of aryl methyl sites for hydroxylation is 1. The average molecular weight is 288 g/mol. The van der Waals surface area contributed by atoms with Crippen LogP contribution in [0, 0.1) is 6.92 Å². The van der Waals surface area contributed by atoms with E-state index in [1.165, 1.54) is 0 Å². The highest BCUT2D eigenvalue weighted by Crippen LogP contribution is 2.17. The van der Waals surface area contributed by atoms with Crippen LogP contribution in [0.3, 0.4) is 0 Å². The third-order valence-corrected chi connectivity index (χ3v) is 3.22. The zero-order valence-corrected chi connectivity index (χ0v) is 11.7.